The zero-order valence-corrected chi connectivity index (χ0v) is 19.4. The molecule has 1 amide bonds. The molecule has 1 aromatic carbocycles. The molecule has 1 unspecified atom stereocenters. The summed E-state index contributed by atoms with van der Waals surface area (Å²) >= 11 is 0. The molecule has 1 fully saturated rings. The Morgan fingerprint density at radius 1 is 1.29 bits per heavy atom. The topological polar surface area (TPSA) is 89.6 Å². The van der Waals surface area contributed by atoms with Gasteiger partial charge in [-0.1, -0.05) is 0 Å². The number of likely N-dealkylation sites (tertiary alicyclic amines) is 1. The van der Waals surface area contributed by atoms with Crippen LogP contribution in [0.25, 0.3) is 27.7 Å². The first-order chi connectivity index (χ1) is 16.7. The van der Waals surface area contributed by atoms with Gasteiger partial charge in [-0.15, -0.1) is 5.10 Å². The minimum Gasteiger partial charge on any atom is -0.479 e. The number of fused-ring (bicyclic) bond motifs is 2. The first-order valence-electron chi connectivity index (χ1n) is 11.1. The van der Waals surface area contributed by atoms with Crippen LogP contribution in [0, 0.1) is 12.7 Å². The highest BCUT2D eigenvalue weighted by Gasteiger charge is 2.25. The minimum absolute atomic E-state index is 0.00949. The van der Waals surface area contributed by atoms with Crippen molar-refractivity contribution in [1.29, 1.82) is 0 Å². The van der Waals surface area contributed by atoms with Gasteiger partial charge >= 0.3 is 0 Å². The summed E-state index contributed by atoms with van der Waals surface area (Å²) in [6, 6.07) is 4.68. The minimum atomic E-state index is -2.60. The molecular weight excluding hydrogens is 463 g/mol. The fourth-order valence-corrected chi connectivity index (χ4v) is 4.56. The van der Waals surface area contributed by atoms with Crippen molar-refractivity contribution in [3.8, 4) is 17.0 Å². The number of piperidine rings is 1. The van der Waals surface area contributed by atoms with Gasteiger partial charge in [0.15, 0.2) is 5.82 Å². The summed E-state index contributed by atoms with van der Waals surface area (Å²) in [7, 11) is 3.23. The number of likely N-dealkylation sites (N-methyl/N-ethyl adjacent to an activating group) is 1. The number of carbonyl (C=O) groups excluding carboxylic acids is 1. The zero-order valence-electron chi connectivity index (χ0n) is 19.4. The highest BCUT2D eigenvalue weighted by molar-refractivity contribution is 5.90. The lowest BCUT2D eigenvalue weighted by Crippen LogP contribution is -2.43. The second-order valence-corrected chi connectivity index (χ2v) is 8.61. The molecule has 0 spiro atoms. The van der Waals surface area contributed by atoms with Gasteiger partial charge in [-0.2, -0.15) is 4.98 Å². The molecule has 5 rings (SSSR count). The van der Waals surface area contributed by atoms with Crippen molar-refractivity contribution < 1.29 is 22.7 Å². The summed E-state index contributed by atoms with van der Waals surface area (Å²) in [6.07, 6.45) is 0.195. The zero-order chi connectivity index (χ0) is 24.9. The maximum atomic E-state index is 15.0. The number of nitrogens with one attached hydrogen (secondary N) is 1. The number of aryl methyl sites for hydroxylation is 1. The molecule has 1 aliphatic heterocycles. The third-order valence-corrected chi connectivity index (χ3v) is 6.26. The first kappa shape index (κ1) is 22.9. The molecule has 0 saturated carbocycles. The van der Waals surface area contributed by atoms with Crippen molar-refractivity contribution in [2.45, 2.75) is 38.8 Å². The van der Waals surface area contributed by atoms with Crippen LogP contribution in [-0.2, 0) is 11.3 Å². The van der Waals surface area contributed by atoms with E-state index in [2.05, 4.69) is 20.4 Å². The third-order valence-electron chi connectivity index (χ3n) is 6.26. The molecule has 4 aromatic rings. The van der Waals surface area contributed by atoms with Gasteiger partial charge in [0.2, 0.25) is 17.7 Å². The van der Waals surface area contributed by atoms with Gasteiger partial charge in [-0.05, 0) is 37.1 Å². The number of imidazole rings is 1. The van der Waals surface area contributed by atoms with Gasteiger partial charge in [0.25, 0.3) is 6.43 Å². The Morgan fingerprint density at radius 2 is 2.09 bits per heavy atom. The number of rotatable bonds is 6. The van der Waals surface area contributed by atoms with E-state index in [1.807, 2.05) is 0 Å². The number of nitrogens with zero attached hydrogens (tertiary/aromatic N) is 6. The van der Waals surface area contributed by atoms with Crippen LogP contribution in [0.2, 0.25) is 0 Å². The summed E-state index contributed by atoms with van der Waals surface area (Å²) < 4.78 is 49.6. The SMILES string of the molecule is COc1nc(NC2CCC(=O)N(C)C2)nn2ccc(-c3cc(F)c4nc(C)n(CC(F)F)c4c3)c12. The predicted molar refractivity (Wildman–Crippen MR) is 123 cm³/mol. The smallest absolute Gasteiger partial charge is 0.256 e. The third kappa shape index (κ3) is 4.13. The Labute approximate surface area is 198 Å². The summed E-state index contributed by atoms with van der Waals surface area (Å²) in [4.78, 5) is 22.0. The molecule has 35 heavy (non-hydrogen) atoms. The van der Waals surface area contributed by atoms with Crippen molar-refractivity contribution >= 4 is 28.4 Å². The average molecular weight is 487 g/mol. The number of methoxy groups -OCH3 is 1. The maximum Gasteiger partial charge on any atom is 0.256 e. The molecule has 1 aliphatic rings. The fourth-order valence-electron chi connectivity index (χ4n) is 4.56. The monoisotopic (exact) mass is 487 g/mol. The number of ether oxygens (including phenoxy) is 1. The number of alkyl halides is 2. The largest absolute Gasteiger partial charge is 0.479 e. The molecule has 12 heteroatoms. The van der Waals surface area contributed by atoms with Gasteiger partial charge in [-0.3, -0.25) is 4.79 Å². The molecule has 1 saturated heterocycles. The number of amides is 1. The van der Waals surface area contributed by atoms with Crippen LogP contribution in [0.1, 0.15) is 18.7 Å². The van der Waals surface area contributed by atoms with Crippen molar-refractivity contribution in [1.82, 2.24) is 29.0 Å². The summed E-state index contributed by atoms with van der Waals surface area (Å²) in [5.74, 6) is 0.394. The predicted octanol–water partition coefficient (Wildman–Crippen LogP) is 3.50. The Balaban J connectivity index is 1.56. The molecule has 1 atom stereocenters. The average Bonchev–Trinajstić information content (AvgIpc) is 3.37. The van der Waals surface area contributed by atoms with E-state index >= 15 is 0 Å². The van der Waals surface area contributed by atoms with E-state index in [9.17, 15) is 18.0 Å². The summed E-state index contributed by atoms with van der Waals surface area (Å²) in [5, 5.41) is 7.76. The van der Waals surface area contributed by atoms with E-state index in [1.165, 1.54) is 17.7 Å². The van der Waals surface area contributed by atoms with Gasteiger partial charge in [0.05, 0.1) is 19.2 Å². The van der Waals surface area contributed by atoms with Gasteiger partial charge in [0, 0.05) is 37.8 Å². The second-order valence-electron chi connectivity index (χ2n) is 8.61. The van der Waals surface area contributed by atoms with Crippen molar-refractivity contribution in [2.24, 2.45) is 0 Å². The number of benzene rings is 1. The molecule has 0 radical (unpaired) electrons. The second kappa shape index (κ2) is 8.75. The fraction of sp³-hybridized carbons (Fsp3) is 0.391. The van der Waals surface area contributed by atoms with E-state index in [0.717, 1.165) is 0 Å². The van der Waals surface area contributed by atoms with Crippen molar-refractivity contribution in [3.05, 3.63) is 36.0 Å². The summed E-state index contributed by atoms with van der Waals surface area (Å²) in [6.45, 7) is 1.52. The van der Waals surface area contributed by atoms with E-state index in [4.69, 9.17) is 4.74 Å². The highest BCUT2D eigenvalue weighted by atomic mass is 19.3. The number of anilines is 1. The van der Waals surface area contributed by atoms with Crippen LogP contribution in [-0.4, -0.2) is 68.1 Å². The number of halogens is 3. The Morgan fingerprint density at radius 3 is 2.80 bits per heavy atom. The molecule has 0 aliphatic carbocycles. The first-order valence-corrected chi connectivity index (χ1v) is 11.1. The van der Waals surface area contributed by atoms with Crippen LogP contribution in [0.15, 0.2) is 24.4 Å². The van der Waals surface area contributed by atoms with E-state index in [-0.39, 0.29) is 28.9 Å². The quantitative estimate of drug-likeness (QED) is 0.448. The number of hydrogen-bond donors (Lipinski definition) is 1. The van der Waals surface area contributed by atoms with Crippen molar-refractivity contribution in [3.63, 3.8) is 0 Å². The Hall–Kier alpha value is -3.83. The maximum absolute atomic E-state index is 15.0. The number of hydrogen-bond acceptors (Lipinski definition) is 6. The van der Waals surface area contributed by atoms with Crippen LogP contribution in [0.5, 0.6) is 5.88 Å². The Bertz CT molecular complexity index is 1430. The van der Waals surface area contributed by atoms with Crippen LogP contribution in [0.4, 0.5) is 19.1 Å². The van der Waals surface area contributed by atoms with Gasteiger partial charge < -0.3 is 19.5 Å². The van der Waals surface area contributed by atoms with E-state index < -0.39 is 18.8 Å². The van der Waals surface area contributed by atoms with E-state index in [1.54, 1.807) is 41.7 Å². The normalized spacial score (nSPS) is 16.6. The number of aromatic nitrogens is 5. The van der Waals surface area contributed by atoms with Crippen LogP contribution >= 0.6 is 0 Å². The molecule has 3 aromatic heterocycles. The lowest BCUT2D eigenvalue weighted by Gasteiger charge is -2.30. The van der Waals surface area contributed by atoms with Crippen LogP contribution < -0.4 is 10.1 Å². The van der Waals surface area contributed by atoms with Gasteiger partial charge in [-0.25, -0.2) is 22.7 Å². The highest BCUT2D eigenvalue weighted by Crippen LogP contribution is 2.34. The standard InChI is InChI=1S/C23H24F3N7O2/c1-12-27-20-16(24)8-13(9-17(20)32(12)11-18(25)26)15-6-7-33-21(15)22(35-3)29-23(30-33)28-14-4-5-19(34)31(2)10-14/h6-9,14,18H,4-5,10-11H2,1-3H3,(H,28,30). The van der Waals surface area contributed by atoms with E-state index in [0.29, 0.717) is 47.8 Å². The van der Waals surface area contributed by atoms with Crippen molar-refractivity contribution in [2.75, 3.05) is 26.0 Å². The number of carbonyl (C=O) groups is 1. The molecule has 0 bridgehead atoms. The van der Waals surface area contributed by atoms with Crippen LogP contribution in [0.3, 0.4) is 0 Å². The molecule has 184 valence electrons. The molecule has 1 N–H and O–H groups in total. The Kier molecular flexibility index (Phi) is 5.73. The molecule has 4 heterocycles. The van der Waals surface area contributed by atoms with Gasteiger partial charge in [0.1, 0.15) is 16.9 Å². The lowest BCUT2D eigenvalue weighted by molar-refractivity contribution is -0.132. The lowest BCUT2D eigenvalue weighted by atomic mass is 10.1. The molecular formula is C23H24F3N7O2. The summed E-state index contributed by atoms with van der Waals surface area (Å²) in [5.41, 5.74) is 1.87. The molecule has 9 nitrogen and oxygen atoms in total.